The summed E-state index contributed by atoms with van der Waals surface area (Å²) in [7, 11) is 0. The van der Waals surface area contributed by atoms with Gasteiger partial charge in [0.05, 0.1) is 5.88 Å². The summed E-state index contributed by atoms with van der Waals surface area (Å²) < 4.78 is 4.83. The summed E-state index contributed by atoms with van der Waals surface area (Å²) in [6.07, 6.45) is 5.24. The molecule has 0 heterocycles. The molecular weight excluding hydrogens is 216 g/mol. The van der Waals surface area contributed by atoms with Crippen LogP contribution in [0.4, 0.5) is 0 Å². The maximum absolute atomic E-state index is 11.1. The van der Waals surface area contributed by atoms with Gasteiger partial charge in [0.2, 0.25) is 0 Å². The summed E-state index contributed by atoms with van der Waals surface area (Å²) in [6.45, 7) is 2.17. The van der Waals surface area contributed by atoms with Crippen molar-refractivity contribution in [3.05, 3.63) is 0 Å². The first-order valence-corrected chi connectivity index (χ1v) is 6.13. The number of rotatable bonds is 9. The predicted octanol–water partition coefficient (Wildman–Crippen LogP) is 2.49. The number of unbranched alkanes of at least 4 members (excludes halogenated alkanes) is 4. The second-order valence-corrected chi connectivity index (χ2v) is 3.96. The van der Waals surface area contributed by atoms with Gasteiger partial charge < -0.3 is 9.84 Å². The van der Waals surface area contributed by atoms with Crippen molar-refractivity contribution >= 4 is 17.6 Å². The summed E-state index contributed by atoms with van der Waals surface area (Å²) in [5.41, 5.74) is 0. The van der Waals surface area contributed by atoms with Crippen LogP contribution in [0, 0.1) is 0 Å². The van der Waals surface area contributed by atoms with Gasteiger partial charge >= 0.3 is 5.97 Å². The largest absolute Gasteiger partial charge is 0.463 e. The number of carbonyl (C=O) groups excluding carboxylic acids is 1. The van der Waals surface area contributed by atoms with Crippen LogP contribution >= 0.6 is 11.6 Å². The number of esters is 1. The molecule has 90 valence electrons. The molecule has 0 aliphatic heterocycles. The van der Waals surface area contributed by atoms with E-state index in [2.05, 4.69) is 6.92 Å². The molecule has 0 aromatic carbocycles. The van der Waals surface area contributed by atoms with Gasteiger partial charge in [0, 0.05) is 6.42 Å². The van der Waals surface area contributed by atoms with Gasteiger partial charge in [-0.2, -0.15) is 0 Å². The van der Waals surface area contributed by atoms with Crippen molar-refractivity contribution in [1.29, 1.82) is 0 Å². The van der Waals surface area contributed by atoms with Gasteiger partial charge in [0.15, 0.2) is 0 Å². The quantitative estimate of drug-likeness (QED) is 0.380. The molecule has 0 aliphatic rings. The van der Waals surface area contributed by atoms with Gasteiger partial charge in [-0.05, 0) is 6.42 Å². The van der Waals surface area contributed by atoms with Crippen LogP contribution < -0.4 is 0 Å². The highest BCUT2D eigenvalue weighted by Crippen LogP contribution is 2.05. The smallest absolute Gasteiger partial charge is 0.305 e. The SMILES string of the molecule is CCCCCCCC(=O)OCC(O)CCl. The van der Waals surface area contributed by atoms with Gasteiger partial charge in [-0.1, -0.05) is 32.6 Å². The molecule has 0 saturated heterocycles. The Labute approximate surface area is 96.8 Å². The minimum Gasteiger partial charge on any atom is -0.463 e. The molecule has 0 fully saturated rings. The average molecular weight is 237 g/mol. The molecule has 0 aliphatic carbocycles. The molecule has 0 aromatic rings. The van der Waals surface area contributed by atoms with Gasteiger partial charge in [0.25, 0.3) is 0 Å². The standard InChI is InChI=1S/C11H21ClO3/c1-2-3-4-5-6-7-11(14)15-9-10(13)8-12/h10,13H,2-9H2,1H3. The van der Waals surface area contributed by atoms with Crippen molar-refractivity contribution in [2.75, 3.05) is 12.5 Å². The third kappa shape index (κ3) is 10.0. The normalized spacial score (nSPS) is 12.5. The lowest BCUT2D eigenvalue weighted by Gasteiger charge is -2.07. The third-order valence-corrected chi connectivity index (χ3v) is 2.46. The molecule has 0 rings (SSSR count). The third-order valence-electron chi connectivity index (χ3n) is 2.10. The van der Waals surface area contributed by atoms with Crippen LogP contribution in [0.2, 0.25) is 0 Å². The Morgan fingerprint density at radius 2 is 2.00 bits per heavy atom. The Morgan fingerprint density at radius 3 is 2.60 bits per heavy atom. The molecule has 0 radical (unpaired) electrons. The summed E-state index contributed by atoms with van der Waals surface area (Å²) >= 11 is 5.36. The molecule has 15 heavy (non-hydrogen) atoms. The van der Waals surface area contributed by atoms with E-state index in [-0.39, 0.29) is 18.5 Å². The van der Waals surface area contributed by atoms with Crippen molar-refractivity contribution in [1.82, 2.24) is 0 Å². The van der Waals surface area contributed by atoms with Crippen LogP contribution in [0.25, 0.3) is 0 Å². The maximum Gasteiger partial charge on any atom is 0.305 e. The number of hydrogen-bond donors (Lipinski definition) is 1. The molecule has 0 saturated carbocycles. The topological polar surface area (TPSA) is 46.5 Å². The fourth-order valence-corrected chi connectivity index (χ4v) is 1.27. The second-order valence-electron chi connectivity index (χ2n) is 3.66. The fourth-order valence-electron chi connectivity index (χ4n) is 1.18. The minimum absolute atomic E-state index is 0.0112. The number of ether oxygens (including phenoxy) is 1. The Morgan fingerprint density at radius 1 is 1.33 bits per heavy atom. The van der Waals surface area contributed by atoms with Gasteiger partial charge in [-0.15, -0.1) is 11.6 Å². The zero-order valence-corrected chi connectivity index (χ0v) is 10.1. The maximum atomic E-state index is 11.1. The van der Waals surface area contributed by atoms with Crippen LogP contribution in [0.15, 0.2) is 0 Å². The van der Waals surface area contributed by atoms with Crippen molar-refractivity contribution in [3.63, 3.8) is 0 Å². The monoisotopic (exact) mass is 236 g/mol. The molecular formula is C11H21ClO3. The van der Waals surface area contributed by atoms with E-state index in [1.54, 1.807) is 0 Å². The van der Waals surface area contributed by atoms with Crippen LogP contribution in [-0.2, 0) is 9.53 Å². The van der Waals surface area contributed by atoms with Crippen LogP contribution in [-0.4, -0.2) is 29.7 Å². The minimum atomic E-state index is -0.740. The summed E-state index contributed by atoms with van der Waals surface area (Å²) in [4.78, 5) is 11.1. The molecule has 1 atom stereocenters. The first-order chi connectivity index (χ1) is 7.20. The highest BCUT2D eigenvalue weighted by atomic mass is 35.5. The van der Waals surface area contributed by atoms with Crippen molar-refractivity contribution in [2.24, 2.45) is 0 Å². The lowest BCUT2D eigenvalue weighted by atomic mass is 10.1. The molecule has 3 nitrogen and oxygen atoms in total. The predicted molar refractivity (Wildman–Crippen MR) is 61.1 cm³/mol. The number of halogens is 1. The lowest BCUT2D eigenvalue weighted by Crippen LogP contribution is -2.19. The van der Waals surface area contributed by atoms with E-state index >= 15 is 0 Å². The fraction of sp³-hybridized carbons (Fsp3) is 0.909. The summed E-state index contributed by atoms with van der Waals surface area (Å²) in [6, 6.07) is 0. The Balaban J connectivity index is 3.26. The lowest BCUT2D eigenvalue weighted by molar-refractivity contribution is -0.146. The van der Waals surface area contributed by atoms with E-state index in [0.29, 0.717) is 6.42 Å². The summed E-state index contributed by atoms with van der Waals surface area (Å²) in [5, 5.41) is 9.04. The first kappa shape index (κ1) is 14.7. The van der Waals surface area contributed by atoms with Gasteiger partial charge in [-0.25, -0.2) is 0 Å². The van der Waals surface area contributed by atoms with Gasteiger partial charge in [0.1, 0.15) is 12.7 Å². The Bertz CT molecular complexity index is 162. The van der Waals surface area contributed by atoms with Crippen molar-refractivity contribution < 1.29 is 14.6 Å². The number of hydrogen-bond acceptors (Lipinski definition) is 3. The second kappa shape index (κ2) is 10.2. The molecule has 0 aromatic heterocycles. The number of aliphatic hydroxyl groups is 1. The zero-order chi connectivity index (χ0) is 11.5. The molecule has 0 spiro atoms. The summed E-state index contributed by atoms with van der Waals surface area (Å²) in [5.74, 6) is -0.139. The number of aliphatic hydroxyl groups excluding tert-OH is 1. The van der Waals surface area contributed by atoms with E-state index < -0.39 is 6.10 Å². The molecule has 1 unspecified atom stereocenters. The number of carbonyl (C=O) groups is 1. The van der Waals surface area contributed by atoms with Crippen molar-refractivity contribution in [2.45, 2.75) is 51.6 Å². The molecule has 0 amide bonds. The zero-order valence-electron chi connectivity index (χ0n) is 9.38. The Hall–Kier alpha value is -0.280. The Kier molecular flexibility index (Phi) is 10.1. The molecule has 4 heteroatoms. The van der Waals surface area contributed by atoms with E-state index in [1.807, 2.05) is 0 Å². The average Bonchev–Trinajstić information content (AvgIpc) is 2.25. The molecule has 1 N–H and O–H groups in total. The van der Waals surface area contributed by atoms with Crippen LogP contribution in [0.1, 0.15) is 45.4 Å². The van der Waals surface area contributed by atoms with Crippen molar-refractivity contribution in [3.8, 4) is 0 Å². The van der Waals surface area contributed by atoms with Gasteiger partial charge in [-0.3, -0.25) is 4.79 Å². The van der Waals surface area contributed by atoms with E-state index in [4.69, 9.17) is 21.4 Å². The number of alkyl halides is 1. The highest BCUT2D eigenvalue weighted by molar-refractivity contribution is 6.18. The first-order valence-electron chi connectivity index (χ1n) is 5.60. The van der Waals surface area contributed by atoms with Crippen LogP contribution in [0.3, 0.4) is 0 Å². The molecule has 0 bridgehead atoms. The van der Waals surface area contributed by atoms with Crippen LogP contribution in [0.5, 0.6) is 0 Å². The van der Waals surface area contributed by atoms with E-state index in [9.17, 15) is 4.79 Å². The highest BCUT2D eigenvalue weighted by Gasteiger charge is 2.07. The van der Waals surface area contributed by atoms with E-state index in [1.165, 1.54) is 19.3 Å². The van der Waals surface area contributed by atoms with E-state index in [0.717, 1.165) is 12.8 Å².